The number of piperidine rings is 1. The number of rotatable bonds is 3. The fourth-order valence-corrected chi connectivity index (χ4v) is 4.04. The third-order valence-electron chi connectivity index (χ3n) is 3.86. The molecule has 0 spiro atoms. The molecule has 2 aromatic rings. The zero-order valence-electron chi connectivity index (χ0n) is 10.6. The molecule has 1 aliphatic rings. The first-order chi connectivity index (χ1) is 8.83. The molecule has 0 bridgehead atoms. The second kappa shape index (κ2) is 5.21. The van der Waals surface area contributed by atoms with Crippen LogP contribution in [0.3, 0.4) is 0 Å². The van der Waals surface area contributed by atoms with E-state index in [0.29, 0.717) is 0 Å². The molecule has 0 N–H and O–H groups in total. The van der Waals surface area contributed by atoms with Crippen molar-refractivity contribution in [2.75, 3.05) is 18.0 Å². The highest BCUT2D eigenvalue weighted by Gasteiger charge is 2.23. The lowest BCUT2D eigenvalue weighted by Gasteiger charge is -2.33. The van der Waals surface area contributed by atoms with Crippen LogP contribution in [0.15, 0.2) is 11.6 Å². The number of hydrogen-bond donors (Lipinski definition) is 0. The number of halogens is 1. The van der Waals surface area contributed by atoms with E-state index in [1.54, 1.807) is 11.3 Å². The molecule has 98 valence electrons. The van der Waals surface area contributed by atoms with Gasteiger partial charge in [-0.25, -0.2) is 4.98 Å². The Labute approximate surface area is 120 Å². The highest BCUT2D eigenvalue weighted by molar-refractivity contribution is 9.08. The monoisotopic (exact) mass is 327 g/mol. The summed E-state index contributed by atoms with van der Waals surface area (Å²) in [7, 11) is 0. The molecule has 1 aliphatic heterocycles. The predicted octanol–water partition coefficient (Wildman–Crippen LogP) is 3.92. The highest BCUT2D eigenvalue weighted by Crippen LogP contribution is 2.30. The SMILES string of the molecule is CCC1CCCN(c2nc3sccn3c2CBr)C1. The minimum atomic E-state index is 0.835. The summed E-state index contributed by atoms with van der Waals surface area (Å²) in [4.78, 5) is 8.40. The lowest BCUT2D eigenvalue weighted by atomic mass is 9.96. The van der Waals surface area contributed by atoms with Gasteiger partial charge in [-0.3, -0.25) is 4.40 Å². The molecule has 3 nitrogen and oxygen atoms in total. The van der Waals surface area contributed by atoms with E-state index in [4.69, 9.17) is 4.98 Å². The Morgan fingerprint density at radius 1 is 1.56 bits per heavy atom. The molecule has 1 saturated heterocycles. The summed E-state index contributed by atoms with van der Waals surface area (Å²) in [5, 5.41) is 2.97. The topological polar surface area (TPSA) is 20.5 Å². The van der Waals surface area contributed by atoms with E-state index in [1.807, 2.05) is 0 Å². The lowest BCUT2D eigenvalue weighted by molar-refractivity contribution is 0.403. The van der Waals surface area contributed by atoms with Crippen molar-refractivity contribution in [3.63, 3.8) is 0 Å². The van der Waals surface area contributed by atoms with E-state index in [2.05, 4.69) is 43.7 Å². The van der Waals surface area contributed by atoms with Crippen molar-refractivity contribution in [3.8, 4) is 0 Å². The second-order valence-corrected chi connectivity index (χ2v) is 6.37. The quantitative estimate of drug-likeness (QED) is 0.796. The molecule has 0 amide bonds. The van der Waals surface area contributed by atoms with Crippen molar-refractivity contribution >= 4 is 38.0 Å². The number of alkyl halides is 1. The van der Waals surface area contributed by atoms with Crippen molar-refractivity contribution in [1.82, 2.24) is 9.38 Å². The molecule has 1 fully saturated rings. The van der Waals surface area contributed by atoms with Crippen molar-refractivity contribution in [1.29, 1.82) is 0 Å². The van der Waals surface area contributed by atoms with Crippen LogP contribution in [0.5, 0.6) is 0 Å². The predicted molar refractivity (Wildman–Crippen MR) is 80.9 cm³/mol. The summed E-state index contributed by atoms with van der Waals surface area (Å²) in [5.41, 5.74) is 1.29. The van der Waals surface area contributed by atoms with Gasteiger partial charge in [-0.1, -0.05) is 29.3 Å². The van der Waals surface area contributed by atoms with Crippen LogP contribution in [0, 0.1) is 5.92 Å². The van der Waals surface area contributed by atoms with Gasteiger partial charge in [0.25, 0.3) is 0 Å². The minimum absolute atomic E-state index is 0.835. The van der Waals surface area contributed by atoms with Crippen molar-refractivity contribution in [3.05, 3.63) is 17.3 Å². The smallest absolute Gasteiger partial charge is 0.195 e. The van der Waals surface area contributed by atoms with Crippen LogP contribution in [0.2, 0.25) is 0 Å². The van der Waals surface area contributed by atoms with Crippen LogP contribution in [-0.2, 0) is 5.33 Å². The van der Waals surface area contributed by atoms with Gasteiger partial charge < -0.3 is 4.90 Å². The van der Waals surface area contributed by atoms with Gasteiger partial charge in [-0.05, 0) is 18.8 Å². The first-order valence-corrected chi connectivity index (χ1v) is 8.59. The Morgan fingerprint density at radius 2 is 2.44 bits per heavy atom. The summed E-state index contributed by atoms with van der Waals surface area (Å²) in [5.74, 6) is 2.03. The first-order valence-electron chi connectivity index (χ1n) is 6.58. The van der Waals surface area contributed by atoms with E-state index in [9.17, 15) is 0 Å². The number of imidazole rings is 1. The molecule has 0 aromatic carbocycles. The number of anilines is 1. The van der Waals surface area contributed by atoms with Gasteiger partial charge in [-0.2, -0.15) is 0 Å². The molecule has 0 radical (unpaired) electrons. The molecular weight excluding hydrogens is 310 g/mol. The second-order valence-electron chi connectivity index (χ2n) is 4.93. The number of aromatic nitrogens is 2. The third kappa shape index (κ3) is 2.07. The zero-order chi connectivity index (χ0) is 12.5. The number of fused-ring (bicyclic) bond motifs is 1. The van der Waals surface area contributed by atoms with E-state index < -0.39 is 0 Å². The van der Waals surface area contributed by atoms with Gasteiger partial charge in [0.1, 0.15) is 0 Å². The van der Waals surface area contributed by atoms with Crippen LogP contribution < -0.4 is 4.90 Å². The molecule has 0 saturated carbocycles. The lowest BCUT2D eigenvalue weighted by Crippen LogP contribution is -2.35. The van der Waals surface area contributed by atoms with Crippen LogP contribution in [0.25, 0.3) is 4.96 Å². The van der Waals surface area contributed by atoms with Gasteiger partial charge in [0.15, 0.2) is 10.8 Å². The summed E-state index contributed by atoms with van der Waals surface area (Å²) in [6.45, 7) is 4.62. The average Bonchev–Trinajstić information content (AvgIpc) is 2.98. The van der Waals surface area contributed by atoms with Gasteiger partial charge in [0.2, 0.25) is 0 Å². The molecule has 2 aromatic heterocycles. The summed E-state index contributed by atoms with van der Waals surface area (Å²) in [6, 6.07) is 0. The van der Waals surface area contributed by atoms with Gasteiger partial charge in [0.05, 0.1) is 5.69 Å². The highest BCUT2D eigenvalue weighted by atomic mass is 79.9. The molecule has 1 atom stereocenters. The maximum Gasteiger partial charge on any atom is 0.195 e. The maximum atomic E-state index is 4.81. The summed E-state index contributed by atoms with van der Waals surface area (Å²) in [6.07, 6.45) is 6.07. The molecule has 3 heterocycles. The number of thiazole rings is 1. The normalized spacial score (nSPS) is 20.8. The summed E-state index contributed by atoms with van der Waals surface area (Å²) >= 11 is 5.32. The number of nitrogens with zero attached hydrogens (tertiary/aromatic N) is 3. The Balaban J connectivity index is 1.95. The van der Waals surface area contributed by atoms with E-state index in [0.717, 1.165) is 22.8 Å². The molecule has 1 unspecified atom stereocenters. The Kier molecular flexibility index (Phi) is 3.61. The van der Waals surface area contributed by atoms with E-state index in [1.165, 1.54) is 37.3 Å². The van der Waals surface area contributed by atoms with Gasteiger partial charge in [0, 0.05) is 30.0 Å². The van der Waals surface area contributed by atoms with Gasteiger partial charge >= 0.3 is 0 Å². The van der Waals surface area contributed by atoms with E-state index in [-0.39, 0.29) is 0 Å². The molecule has 5 heteroatoms. The van der Waals surface area contributed by atoms with Crippen LogP contribution >= 0.6 is 27.3 Å². The molecule has 18 heavy (non-hydrogen) atoms. The largest absolute Gasteiger partial charge is 0.355 e. The maximum absolute atomic E-state index is 4.81. The standard InChI is InChI=1S/C13H18BrN3S/c1-2-10-4-3-5-16(9-10)12-11(8-14)17-6-7-18-13(17)15-12/h6-7,10H,2-5,8-9H2,1H3. The van der Waals surface area contributed by atoms with Crippen molar-refractivity contribution in [2.45, 2.75) is 31.5 Å². The van der Waals surface area contributed by atoms with Crippen LogP contribution in [-0.4, -0.2) is 22.5 Å². The summed E-state index contributed by atoms with van der Waals surface area (Å²) < 4.78 is 2.21. The zero-order valence-corrected chi connectivity index (χ0v) is 13.0. The van der Waals surface area contributed by atoms with E-state index >= 15 is 0 Å². The fraction of sp³-hybridized carbons (Fsp3) is 0.615. The average molecular weight is 328 g/mol. The van der Waals surface area contributed by atoms with Crippen LogP contribution in [0.1, 0.15) is 31.9 Å². The number of hydrogen-bond acceptors (Lipinski definition) is 3. The molecule has 3 rings (SSSR count). The molecule has 0 aliphatic carbocycles. The minimum Gasteiger partial charge on any atom is -0.355 e. The van der Waals surface area contributed by atoms with Crippen molar-refractivity contribution in [2.24, 2.45) is 5.92 Å². The fourth-order valence-electron chi connectivity index (χ4n) is 2.79. The third-order valence-corrected chi connectivity index (χ3v) is 5.15. The Hall–Kier alpha value is -0.550. The first kappa shape index (κ1) is 12.5. The Bertz CT molecular complexity index is 533. The van der Waals surface area contributed by atoms with Crippen LogP contribution in [0.4, 0.5) is 5.82 Å². The molecular formula is C13H18BrN3S. The van der Waals surface area contributed by atoms with Crippen molar-refractivity contribution < 1.29 is 0 Å². The Morgan fingerprint density at radius 3 is 3.22 bits per heavy atom. The van der Waals surface area contributed by atoms with Gasteiger partial charge in [-0.15, -0.1) is 11.3 Å².